The van der Waals surface area contributed by atoms with Gasteiger partial charge in [0.15, 0.2) is 17.2 Å². The van der Waals surface area contributed by atoms with Crippen molar-refractivity contribution in [1.29, 1.82) is 0 Å². The van der Waals surface area contributed by atoms with Gasteiger partial charge in [0.1, 0.15) is 5.69 Å². The Morgan fingerprint density at radius 2 is 2.04 bits per heavy atom. The first-order valence-corrected chi connectivity index (χ1v) is 8.33. The van der Waals surface area contributed by atoms with Gasteiger partial charge in [0.25, 0.3) is 0 Å². The number of hydrogen-bond donors (Lipinski definition) is 0. The van der Waals surface area contributed by atoms with E-state index in [4.69, 9.17) is 23.2 Å². The number of nitrogens with zero attached hydrogens (tertiary/aromatic N) is 1. The molecule has 24 heavy (non-hydrogen) atoms. The van der Waals surface area contributed by atoms with Crippen molar-refractivity contribution >= 4 is 34.8 Å². The summed E-state index contributed by atoms with van der Waals surface area (Å²) in [4.78, 5) is 28.4. The minimum Gasteiger partial charge on any atom is -0.296 e. The number of alkyl halides is 1. The molecule has 1 heterocycles. The number of halogens is 3. The van der Waals surface area contributed by atoms with Gasteiger partial charge in [0.05, 0.1) is 10.0 Å². The average Bonchev–Trinajstić information content (AvgIpc) is 2.59. The second-order valence-corrected chi connectivity index (χ2v) is 6.55. The third kappa shape index (κ3) is 2.96. The molecular weight excluding hydrogens is 352 g/mol. The van der Waals surface area contributed by atoms with Crippen LogP contribution in [0.15, 0.2) is 36.5 Å². The fourth-order valence-corrected chi connectivity index (χ4v) is 3.38. The average molecular weight is 366 g/mol. The molecule has 0 radical (unpaired) electrons. The number of ketones is 2. The SMILES string of the molecule is O=C1CCC(F)(C(=O)CCc2cccc(Cl)c2Cl)c2cccnc21. The van der Waals surface area contributed by atoms with Crippen LogP contribution in [0.1, 0.15) is 40.9 Å². The van der Waals surface area contributed by atoms with Crippen LogP contribution in [-0.2, 0) is 16.9 Å². The summed E-state index contributed by atoms with van der Waals surface area (Å²) in [7, 11) is 0. The summed E-state index contributed by atoms with van der Waals surface area (Å²) in [6.45, 7) is 0. The van der Waals surface area contributed by atoms with Crippen molar-refractivity contribution in [2.45, 2.75) is 31.4 Å². The number of rotatable bonds is 4. The highest BCUT2D eigenvalue weighted by atomic mass is 35.5. The first kappa shape index (κ1) is 17.1. The Bertz CT molecular complexity index is 824. The van der Waals surface area contributed by atoms with Crippen LogP contribution in [-0.4, -0.2) is 16.6 Å². The highest BCUT2D eigenvalue weighted by Crippen LogP contribution is 2.40. The smallest absolute Gasteiger partial charge is 0.196 e. The van der Waals surface area contributed by atoms with E-state index in [0.717, 1.165) is 0 Å². The molecule has 1 atom stereocenters. The standard InChI is InChI=1S/C18H14Cl2FNO2/c19-13-5-1-3-11(16(13)20)6-7-15(24)18(21)9-8-14(23)17-12(18)4-2-10-22-17/h1-5,10H,6-9H2. The van der Waals surface area contributed by atoms with Crippen molar-refractivity contribution in [2.24, 2.45) is 0 Å². The van der Waals surface area contributed by atoms with E-state index in [1.807, 2.05) is 0 Å². The summed E-state index contributed by atoms with van der Waals surface area (Å²) >= 11 is 12.1. The molecule has 1 aromatic heterocycles. The van der Waals surface area contributed by atoms with Gasteiger partial charge in [0.2, 0.25) is 0 Å². The lowest BCUT2D eigenvalue weighted by Crippen LogP contribution is -2.37. The predicted molar refractivity (Wildman–Crippen MR) is 90.4 cm³/mol. The number of pyridine rings is 1. The van der Waals surface area contributed by atoms with Crippen LogP contribution in [0.25, 0.3) is 0 Å². The van der Waals surface area contributed by atoms with Gasteiger partial charge in [-0.3, -0.25) is 14.6 Å². The summed E-state index contributed by atoms with van der Waals surface area (Å²) in [5.74, 6) is -0.801. The van der Waals surface area contributed by atoms with Crippen molar-refractivity contribution in [2.75, 3.05) is 0 Å². The van der Waals surface area contributed by atoms with Gasteiger partial charge in [-0.25, -0.2) is 4.39 Å². The second-order valence-electron chi connectivity index (χ2n) is 5.76. The number of carbonyl (C=O) groups is 2. The van der Waals surface area contributed by atoms with E-state index < -0.39 is 11.5 Å². The van der Waals surface area contributed by atoms with Gasteiger partial charge < -0.3 is 0 Å². The Labute approximate surface area is 148 Å². The van der Waals surface area contributed by atoms with E-state index in [2.05, 4.69) is 4.98 Å². The van der Waals surface area contributed by atoms with Gasteiger partial charge in [-0.2, -0.15) is 0 Å². The molecule has 0 amide bonds. The Hall–Kier alpha value is -1.78. The molecule has 0 saturated heterocycles. The van der Waals surface area contributed by atoms with Crippen molar-refractivity contribution in [1.82, 2.24) is 4.98 Å². The molecular formula is C18H14Cl2FNO2. The number of carbonyl (C=O) groups excluding carboxylic acids is 2. The van der Waals surface area contributed by atoms with E-state index in [1.165, 1.54) is 18.3 Å². The third-order valence-corrected chi connectivity index (χ3v) is 5.15. The molecule has 0 saturated carbocycles. The molecule has 1 unspecified atom stereocenters. The van der Waals surface area contributed by atoms with E-state index in [1.54, 1.807) is 18.2 Å². The quantitative estimate of drug-likeness (QED) is 0.786. The topological polar surface area (TPSA) is 47.0 Å². The van der Waals surface area contributed by atoms with E-state index in [0.29, 0.717) is 15.6 Å². The van der Waals surface area contributed by atoms with Gasteiger partial charge in [-0.15, -0.1) is 0 Å². The van der Waals surface area contributed by atoms with Crippen molar-refractivity contribution in [3.05, 3.63) is 63.4 Å². The largest absolute Gasteiger partial charge is 0.296 e. The lowest BCUT2D eigenvalue weighted by atomic mass is 9.78. The van der Waals surface area contributed by atoms with Crippen LogP contribution in [0.5, 0.6) is 0 Å². The third-order valence-electron chi connectivity index (χ3n) is 4.29. The fourth-order valence-electron chi connectivity index (χ4n) is 2.96. The maximum absolute atomic E-state index is 15.4. The summed E-state index contributed by atoms with van der Waals surface area (Å²) in [6.07, 6.45) is 1.52. The summed E-state index contributed by atoms with van der Waals surface area (Å²) < 4.78 is 15.4. The number of fused-ring (bicyclic) bond motifs is 1. The number of benzene rings is 1. The molecule has 0 spiro atoms. The Kier molecular flexibility index (Phi) is 4.70. The highest BCUT2D eigenvalue weighted by molar-refractivity contribution is 6.42. The van der Waals surface area contributed by atoms with Gasteiger partial charge in [-0.1, -0.05) is 41.4 Å². The van der Waals surface area contributed by atoms with Gasteiger partial charge in [-0.05, 0) is 24.1 Å². The molecule has 1 aliphatic rings. The maximum Gasteiger partial charge on any atom is 0.196 e. The fraction of sp³-hybridized carbons (Fsp3) is 0.278. The number of aromatic nitrogens is 1. The van der Waals surface area contributed by atoms with E-state index >= 15 is 4.39 Å². The van der Waals surface area contributed by atoms with Gasteiger partial charge >= 0.3 is 0 Å². The molecule has 3 rings (SSSR count). The first-order chi connectivity index (χ1) is 11.4. The van der Waals surface area contributed by atoms with E-state index in [-0.39, 0.29) is 42.7 Å². The maximum atomic E-state index is 15.4. The molecule has 1 aromatic carbocycles. The summed E-state index contributed by atoms with van der Waals surface area (Å²) in [6, 6.07) is 8.14. The molecule has 3 nitrogen and oxygen atoms in total. The minimum absolute atomic E-state index is 0.0236. The zero-order valence-corrected chi connectivity index (χ0v) is 14.2. The molecule has 124 valence electrons. The first-order valence-electron chi connectivity index (χ1n) is 7.57. The molecule has 1 aliphatic carbocycles. The lowest BCUT2D eigenvalue weighted by molar-refractivity contribution is -0.131. The molecule has 2 aromatic rings. The molecule has 6 heteroatoms. The van der Waals surface area contributed by atoms with Crippen LogP contribution in [0.2, 0.25) is 10.0 Å². The van der Waals surface area contributed by atoms with Crippen LogP contribution >= 0.6 is 23.2 Å². The van der Waals surface area contributed by atoms with Crippen LogP contribution in [0.3, 0.4) is 0 Å². The monoisotopic (exact) mass is 365 g/mol. The predicted octanol–water partition coefficient (Wildman–Crippen LogP) is 4.73. The summed E-state index contributed by atoms with van der Waals surface area (Å²) in [5.41, 5.74) is -1.36. The Morgan fingerprint density at radius 1 is 1.25 bits per heavy atom. The normalized spacial score (nSPS) is 19.9. The lowest BCUT2D eigenvalue weighted by Gasteiger charge is -2.29. The van der Waals surface area contributed by atoms with E-state index in [9.17, 15) is 9.59 Å². The van der Waals surface area contributed by atoms with Crippen molar-refractivity contribution in [3.8, 4) is 0 Å². The molecule has 0 N–H and O–H groups in total. The zero-order valence-electron chi connectivity index (χ0n) is 12.7. The second kappa shape index (κ2) is 6.61. The van der Waals surface area contributed by atoms with Crippen molar-refractivity contribution in [3.63, 3.8) is 0 Å². The molecule has 0 fully saturated rings. The highest BCUT2D eigenvalue weighted by Gasteiger charge is 2.45. The Morgan fingerprint density at radius 3 is 2.83 bits per heavy atom. The van der Waals surface area contributed by atoms with Crippen molar-refractivity contribution < 1.29 is 14.0 Å². The zero-order chi connectivity index (χ0) is 17.3. The molecule has 0 bridgehead atoms. The summed E-state index contributed by atoms with van der Waals surface area (Å²) in [5, 5.41) is 0.773. The van der Waals surface area contributed by atoms with Gasteiger partial charge in [0, 0.05) is 31.0 Å². The number of aryl methyl sites for hydroxylation is 1. The minimum atomic E-state index is -2.18. The van der Waals surface area contributed by atoms with Crippen LogP contribution in [0, 0.1) is 0 Å². The number of Topliss-reactive ketones (excluding diaryl/α,β-unsaturated/α-hetero) is 2. The molecule has 0 aliphatic heterocycles. The van der Waals surface area contributed by atoms with Crippen LogP contribution in [0.4, 0.5) is 4.39 Å². The number of hydrogen-bond acceptors (Lipinski definition) is 3. The van der Waals surface area contributed by atoms with Crippen LogP contribution < -0.4 is 0 Å². The Balaban J connectivity index is 1.84.